The summed E-state index contributed by atoms with van der Waals surface area (Å²) in [4.78, 5) is 34.2. The Bertz CT molecular complexity index is 946. The van der Waals surface area contributed by atoms with Crippen LogP contribution in [0, 0.1) is 10.1 Å². The van der Waals surface area contributed by atoms with Crippen LogP contribution in [-0.4, -0.2) is 29.8 Å². The number of nitrogens with one attached hydrogen (secondary N) is 1. The average Bonchev–Trinajstić information content (AvgIpc) is 2.65. The van der Waals surface area contributed by atoms with E-state index in [1.165, 1.54) is 6.07 Å². The zero-order chi connectivity index (χ0) is 22.3. The minimum Gasteiger partial charge on any atom is -0.466 e. The third-order valence-corrected chi connectivity index (χ3v) is 3.75. The zero-order valence-corrected chi connectivity index (χ0v) is 15.7. The lowest BCUT2D eigenvalue weighted by molar-refractivity contribution is -0.385. The van der Waals surface area contributed by atoms with Crippen LogP contribution in [0.15, 0.2) is 42.5 Å². The summed E-state index contributed by atoms with van der Waals surface area (Å²) < 4.78 is 45.8. The highest BCUT2D eigenvalue weighted by Crippen LogP contribution is 2.29. The maximum atomic E-state index is 12.5. The molecule has 2 aromatic rings. The third kappa shape index (κ3) is 6.76. The van der Waals surface area contributed by atoms with Crippen molar-refractivity contribution in [1.82, 2.24) is 0 Å². The van der Waals surface area contributed by atoms with E-state index in [0.717, 1.165) is 12.1 Å². The van der Waals surface area contributed by atoms with Gasteiger partial charge in [0, 0.05) is 24.2 Å². The number of hydrogen-bond donors (Lipinski definition) is 1. The van der Waals surface area contributed by atoms with E-state index < -0.39 is 34.2 Å². The van der Waals surface area contributed by atoms with E-state index >= 15 is 0 Å². The molecule has 160 valence electrons. The molecule has 11 heteroatoms. The van der Waals surface area contributed by atoms with Crippen molar-refractivity contribution in [1.29, 1.82) is 0 Å². The van der Waals surface area contributed by atoms with Crippen molar-refractivity contribution >= 4 is 23.3 Å². The van der Waals surface area contributed by atoms with Crippen molar-refractivity contribution < 1.29 is 37.2 Å². The molecule has 0 radical (unpaired) electrons. The molecular formula is C19H17F3N2O6. The van der Waals surface area contributed by atoms with Crippen molar-refractivity contribution in [3.8, 4) is 5.75 Å². The normalized spacial score (nSPS) is 10.9. The molecule has 0 unspecified atom stereocenters. The highest BCUT2D eigenvalue weighted by atomic mass is 19.4. The Morgan fingerprint density at radius 3 is 2.53 bits per heavy atom. The summed E-state index contributed by atoms with van der Waals surface area (Å²) in [6, 6.07) is 8.48. The molecule has 2 aromatic carbocycles. The summed E-state index contributed by atoms with van der Waals surface area (Å²) in [6.45, 7) is 1.94. The molecule has 0 aliphatic rings. The van der Waals surface area contributed by atoms with Crippen LogP contribution in [0.1, 0.15) is 29.3 Å². The Labute approximate surface area is 168 Å². The Balaban J connectivity index is 2.20. The van der Waals surface area contributed by atoms with Crippen LogP contribution in [0.2, 0.25) is 0 Å². The number of nitrogens with zero attached hydrogens (tertiary/aromatic N) is 1. The van der Waals surface area contributed by atoms with Gasteiger partial charge in [0.2, 0.25) is 0 Å². The molecule has 0 aliphatic carbocycles. The van der Waals surface area contributed by atoms with Gasteiger partial charge in [0.05, 0.1) is 11.5 Å². The van der Waals surface area contributed by atoms with Gasteiger partial charge >= 0.3 is 12.3 Å². The molecule has 0 aromatic heterocycles. The first-order valence-corrected chi connectivity index (χ1v) is 8.69. The first kappa shape index (κ1) is 22.7. The van der Waals surface area contributed by atoms with E-state index in [4.69, 9.17) is 4.74 Å². The minimum absolute atomic E-state index is 0.119. The number of anilines is 1. The Hall–Kier alpha value is -3.63. The molecule has 30 heavy (non-hydrogen) atoms. The molecule has 0 fully saturated rings. The SMILES string of the molecule is CCOC(=O)CCc1cccc(NC(=O)c2cc(OC(F)(F)F)ccc2[N+](=O)[O-])c1. The molecule has 0 aliphatic heterocycles. The smallest absolute Gasteiger partial charge is 0.466 e. The lowest BCUT2D eigenvalue weighted by Crippen LogP contribution is -2.18. The molecule has 0 saturated carbocycles. The van der Waals surface area contributed by atoms with Crippen molar-refractivity contribution in [2.24, 2.45) is 0 Å². The van der Waals surface area contributed by atoms with Crippen LogP contribution in [0.4, 0.5) is 24.5 Å². The summed E-state index contributed by atoms with van der Waals surface area (Å²) >= 11 is 0. The second-order valence-corrected chi connectivity index (χ2v) is 5.94. The highest BCUT2D eigenvalue weighted by Gasteiger charge is 2.32. The summed E-state index contributed by atoms with van der Waals surface area (Å²) in [7, 11) is 0. The number of amides is 1. The molecule has 0 spiro atoms. The van der Waals surface area contributed by atoms with Gasteiger partial charge in [-0.3, -0.25) is 19.7 Å². The van der Waals surface area contributed by atoms with Crippen LogP contribution in [-0.2, 0) is 16.0 Å². The largest absolute Gasteiger partial charge is 0.573 e. The number of halogens is 3. The van der Waals surface area contributed by atoms with Gasteiger partial charge in [0.1, 0.15) is 11.3 Å². The van der Waals surface area contributed by atoms with E-state index in [9.17, 15) is 32.9 Å². The topological polar surface area (TPSA) is 108 Å². The van der Waals surface area contributed by atoms with Gasteiger partial charge in [0.15, 0.2) is 0 Å². The fourth-order valence-electron chi connectivity index (χ4n) is 2.54. The van der Waals surface area contributed by atoms with Crippen molar-refractivity contribution in [3.63, 3.8) is 0 Å². The average molecular weight is 426 g/mol. The number of hydrogen-bond acceptors (Lipinski definition) is 6. The number of nitro benzene ring substituents is 1. The highest BCUT2D eigenvalue weighted by molar-refractivity contribution is 6.07. The predicted octanol–water partition coefficient (Wildman–Crippen LogP) is 4.24. The van der Waals surface area contributed by atoms with Crippen LogP contribution in [0.3, 0.4) is 0 Å². The first-order chi connectivity index (χ1) is 14.1. The molecule has 2 rings (SSSR count). The summed E-state index contributed by atoms with van der Waals surface area (Å²) in [5.74, 6) is -2.14. The van der Waals surface area contributed by atoms with Gasteiger partial charge in [0.25, 0.3) is 11.6 Å². The second-order valence-electron chi connectivity index (χ2n) is 5.94. The number of ether oxygens (including phenoxy) is 2. The minimum atomic E-state index is -5.02. The number of esters is 1. The van der Waals surface area contributed by atoms with Crippen LogP contribution in [0.25, 0.3) is 0 Å². The second kappa shape index (κ2) is 9.72. The maximum absolute atomic E-state index is 12.5. The summed E-state index contributed by atoms with van der Waals surface area (Å²) in [6.07, 6.45) is -4.57. The van der Waals surface area contributed by atoms with Crippen LogP contribution < -0.4 is 10.1 Å². The Morgan fingerprint density at radius 2 is 1.90 bits per heavy atom. The lowest BCUT2D eigenvalue weighted by atomic mass is 10.1. The summed E-state index contributed by atoms with van der Waals surface area (Å²) in [5, 5.41) is 13.6. The Kier molecular flexibility index (Phi) is 7.34. The van der Waals surface area contributed by atoms with E-state index in [2.05, 4.69) is 10.1 Å². The standard InChI is InChI=1S/C19H17F3N2O6/c1-2-29-17(25)9-6-12-4-3-5-13(10-12)23-18(26)15-11-14(30-19(20,21)22)7-8-16(15)24(27)28/h3-5,7-8,10-11H,2,6,9H2,1H3,(H,23,26). The number of benzene rings is 2. The van der Waals surface area contributed by atoms with Gasteiger partial charge in [-0.15, -0.1) is 13.2 Å². The van der Waals surface area contributed by atoms with E-state index in [0.29, 0.717) is 18.1 Å². The maximum Gasteiger partial charge on any atom is 0.573 e. The number of carbonyl (C=O) groups is 2. The monoisotopic (exact) mass is 426 g/mol. The van der Waals surface area contributed by atoms with Crippen molar-refractivity contribution in [2.45, 2.75) is 26.1 Å². The van der Waals surface area contributed by atoms with Gasteiger partial charge < -0.3 is 14.8 Å². The van der Waals surface area contributed by atoms with Gasteiger partial charge in [-0.05, 0) is 37.1 Å². The van der Waals surface area contributed by atoms with Gasteiger partial charge in [-0.2, -0.15) is 0 Å². The number of carbonyl (C=O) groups excluding carboxylic acids is 2. The quantitative estimate of drug-likeness (QED) is 0.384. The number of aryl methyl sites for hydroxylation is 1. The van der Waals surface area contributed by atoms with Crippen molar-refractivity contribution in [3.05, 3.63) is 63.7 Å². The van der Waals surface area contributed by atoms with E-state index in [1.54, 1.807) is 25.1 Å². The first-order valence-electron chi connectivity index (χ1n) is 8.69. The number of nitro groups is 1. The molecule has 1 amide bonds. The van der Waals surface area contributed by atoms with E-state index in [-0.39, 0.29) is 24.7 Å². The summed E-state index contributed by atoms with van der Waals surface area (Å²) in [5.41, 5.74) is -0.346. The molecular weight excluding hydrogens is 409 g/mol. The lowest BCUT2D eigenvalue weighted by Gasteiger charge is -2.11. The molecule has 0 atom stereocenters. The number of rotatable bonds is 8. The Morgan fingerprint density at radius 1 is 1.17 bits per heavy atom. The van der Waals surface area contributed by atoms with E-state index in [1.807, 2.05) is 0 Å². The van der Waals surface area contributed by atoms with Crippen LogP contribution >= 0.6 is 0 Å². The fraction of sp³-hybridized carbons (Fsp3) is 0.263. The molecule has 1 N–H and O–H groups in total. The fourth-order valence-corrected chi connectivity index (χ4v) is 2.54. The predicted molar refractivity (Wildman–Crippen MR) is 99.1 cm³/mol. The zero-order valence-electron chi connectivity index (χ0n) is 15.7. The molecule has 0 bridgehead atoms. The molecule has 8 nitrogen and oxygen atoms in total. The van der Waals surface area contributed by atoms with Gasteiger partial charge in [-0.1, -0.05) is 12.1 Å². The van der Waals surface area contributed by atoms with Crippen LogP contribution in [0.5, 0.6) is 5.75 Å². The number of alkyl halides is 3. The van der Waals surface area contributed by atoms with Gasteiger partial charge in [-0.25, -0.2) is 0 Å². The van der Waals surface area contributed by atoms with Crippen molar-refractivity contribution in [2.75, 3.05) is 11.9 Å². The third-order valence-electron chi connectivity index (χ3n) is 3.75. The molecule has 0 saturated heterocycles. The molecule has 0 heterocycles.